The number of fused-ring (bicyclic) bond motifs is 2. The summed E-state index contributed by atoms with van der Waals surface area (Å²) < 4.78 is 68.1. The molecule has 0 bridgehead atoms. The summed E-state index contributed by atoms with van der Waals surface area (Å²) in [5.41, 5.74) is 1.28. The number of rotatable bonds is 17. The normalized spacial score (nSPS) is 22.4. The van der Waals surface area contributed by atoms with E-state index in [0.29, 0.717) is 66.6 Å². The highest BCUT2D eigenvalue weighted by molar-refractivity contribution is 7.52. The van der Waals surface area contributed by atoms with E-state index in [1.807, 2.05) is 25.9 Å². The molecule has 6 rings (SSSR count). The van der Waals surface area contributed by atoms with E-state index in [1.54, 1.807) is 50.8 Å². The van der Waals surface area contributed by atoms with E-state index in [1.165, 1.54) is 19.1 Å². The van der Waals surface area contributed by atoms with Crippen LogP contribution in [0.25, 0.3) is 10.8 Å². The predicted octanol–water partition coefficient (Wildman–Crippen LogP) is 8.04. The lowest BCUT2D eigenvalue weighted by Gasteiger charge is -2.39. The van der Waals surface area contributed by atoms with Gasteiger partial charge < -0.3 is 24.2 Å². The molecule has 2 heterocycles. The van der Waals surface area contributed by atoms with Crippen molar-refractivity contribution in [2.75, 3.05) is 39.1 Å². The third kappa shape index (κ3) is 10.3. The second kappa shape index (κ2) is 19.0. The Morgan fingerprint density at radius 1 is 1.16 bits per heavy atom. The molecule has 336 valence electrons. The van der Waals surface area contributed by atoms with Gasteiger partial charge in [-0.05, 0) is 122 Å². The molecule has 0 radical (unpaired) electrons. The summed E-state index contributed by atoms with van der Waals surface area (Å²) in [7, 11) is -0.539. The summed E-state index contributed by atoms with van der Waals surface area (Å²) in [4.78, 5) is 39.2. The van der Waals surface area contributed by atoms with Crippen molar-refractivity contribution in [2.45, 2.75) is 134 Å². The van der Waals surface area contributed by atoms with Crippen LogP contribution in [0.1, 0.15) is 108 Å². The number of carbonyl (C=O) groups excluding carboxylic acids is 2. The minimum atomic E-state index is -4.22. The van der Waals surface area contributed by atoms with E-state index in [0.717, 1.165) is 31.2 Å². The third-order valence-electron chi connectivity index (χ3n) is 12.4. The highest BCUT2D eigenvalue weighted by Crippen LogP contribution is 2.49. The molecule has 1 amide bonds. The van der Waals surface area contributed by atoms with E-state index >= 15 is 4.39 Å². The largest absolute Gasteiger partial charge is 0.462 e. The molecule has 16 heteroatoms. The Hall–Kier alpha value is -4.61. The van der Waals surface area contributed by atoms with Gasteiger partial charge >= 0.3 is 19.7 Å². The minimum Gasteiger partial charge on any atom is -0.462 e. The van der Waals surface area contributed by atoms with Crippen LogP contribution < -0.4 is 19.7 Å². The maximum absolute atomic E-state index is 15.5. The van der Waals surface area contributed by atoms with Gasteiger partial charge in [-0.3, -0.25) is 19.0 Å². The number of aromatic nitrogens is 2. The lowest BCUT2D eigenvalue weighted by atomic mass is 9.79. The monoisotopic (exact) mass is 878 g/mol. The van der Waals surface area contributed by atoms with Gasteiger partial charge in [-0.25, -0.2) is 13.3 Å². The molecule has 2 N–H and O–H groups in total. The van der Waals surface area contributed by atoms with E-state index in [9.17, 15) is 18.5 Å². The number of carbonyl (C=O) groups is 2. The Balaban J connectivity index is 1.39. The molecule has 5 atom stereocenters. The fourth-order valence-corrected chi connectivity index (χ4v) is 10.7. The molecule has 3 aliphatic rings. The van der Waals surface area contributed by atoms with E-state index in [4.69, 9.17) is 34.9 Å². The average Bonchev–Trinajstić information content (AvgIpc) is 3.80. The summed E-state index contributed by atoms with van der Waals surface area (Å²) >= 11 is 0. The second-order valence-corrected chi connectivity index (χ2v) is 19.5. The number of anilines is 1. The van der Waals surface area contributed by atoms with Crippen LogP contribution in [0.2, 0.25) is 0 Å². The molecule has 1 unspecified atom stereocenters. The van der Waals surface area contributed by atoms with Gasteiger partial charge in [0.05, 0.1) is 34.5 Å². The molecule has 62 heavy (non-hydrogen) atoms. The molecular weight excluding hydrogens is 818 g/mol. The number of ether oxygens (including phenoxy) is 2. The molecule has 1 aliphatic heterocycles. The highest BCUT2D eigenvalue weighted by Gasteiger charge is 2.42. The van der Waals surface area contributed by atoms with Crippen molar-refractivity contribution in [1.82, 2.24) is 24.9 Å². The molecule has 1 aromatic heterocycles. The first-order valence-corrected chi connectivity index (χ1v) is 23.0. The molecule has 2 fully saturated rings. The second-order valence-electron chi connectivity index (χ2n) is 17.8. The van der Waals surface area contributed by atoms with E-state index in [2.05, 4.69) is 22.9 Å². The maximum Gasteiger partial charge on any atom is 0.459 e. The first kappa shape index (κ1) is 46.9. The summed E-state index contributed by atoms with van der Waals surface area (Å²) in [6, 6.07) is 5.28. The zero-order valence-electron chi connectivity index (χ0n) is 37.2. The third-order valence-corrected chi connectivity index (χ3v) is 14.3. The van der Waals surface area contributed by atoms with Gasteiger partial charge in [0.15, 0.2) is 0 Å². The lowest BCUT2D eigenvalue weighted by Crippen LogP contribution is -2.51. The number of halogens is 2. The van der Waals surface area contributed by atoms with Crippen molar-refractivity contribution in [2.24, 2.45) is 0 Å². The first-order chi connectivity index (χ1) is 29.3. The quantitative estimate of drug-likeness (QED) is 0.0586. The smallest absolute Gasteiger partial charge is 0.459 e. The van der Waals surface area contributed by atoms with Gasteiger partial charge in [0.2, 0.25) is 5.91 Å². The molecule has 1 saturated carbocycles. The van der Waals surface area contributed by atoms with Gasteiger partial charge in [-0.15, -0.1) is 6.42 Å². The summed E-state index contributed by atoms with van der Waals surface area (Å²) in [5, 5.41) is 7.38. The molecule has 2 aromatic carbocycles. The van der Waals surface area contributed by atoms with Gasteiger partial charge in [0.1, 0.15) is 36.2 Å². The number of alkyl halides is 1. The summed E-state index contributed by atoms with van der Waals surface area (Å²) in [5.74, 6) is 1.65. The van der Waals surface area contributed by atoms with Crippen LogP contribution in [0.4, 0.5) is 14.6 Å². The van der Waals surface area contributed by atoms with Gasteiger partial charge in [0.25, 0.3) is 0 Å². The van der Waals surface area contributed by atoms with Crippen molar-refractivity contribution in [3.63, 3.8) is 0 Å². The van der Waals surface area contributed by atoms with Crippen LogP contribution in [0.5, 0.6) is 11.8 Å². The number of benzene rings is 2. The standard InChI is InChI=1S/C46H61F2N6O7P/c1-11-35-38(48)18-16-32-21-34(61-62(57,60-29(5)6)52-30(7)43(56)59-28(3)4)23-37(41(32)35)31-15-17-36-39(22-31)50-44(58-27-45(8)24-33(47)25-53(45)9)51-42(36)49-26-46(19-13-14-20-46)54(10)40(55)12-2/h1,12,16,18,21,23,28-31,33H,2,13-15,17,19-20,22,24-27H2,3-10H3,(H,52,57)(H,49,50,51)/t30-,31-,33+,45-,62?/m0/s1. The Morgan fingerprint density at radius 3 is 2.52 bits per heavy atom. The number of amides is 1. The zero-order chi connectivity index (χ0) is 45.1. The molecule has 0 spiro atoms. The van der Waals surface area contributed by atoms with Crippen molar-refractivity contribution in [3.05, 3.63) is 65.1 Å². The summed E-state index contributed by atoms with van der Waals surface area (Å²) in [6.45, 7) is 14.9. The Bertz CT molecular complexity index is 2260. The SMILES string of the molecule is C#Cc1c(F)ccc2cc(OP(=O)(N[C@@H](C)C(=O)OC(C)C)OC(C)C)cc([C@H]3CCc4c(nc(OC[C@]5(C)C[C@@H](F)CN5C)nc4NCC4(N(C)C(=O)C=C)CCCC4)C3)c12. The Kier molecular flexibility index (Phi) is 14.4. The Labute approximate surface area is 364 Å². The molecule has 3 aromatic rings. The number of esters is 1. The summed E-state index contributed by atoms with van der Waals surface area (Å²) in [6.07, 6.45) is 10.7. The Morgan fingerprint density at radius 2 is 1.89 bits per heavy atom. The first-order valence-electron chi connectivity index (χ1n) is 21.5. The number of nitrogens with one attached hydrogen (secondary N) is 2. The number of hydrogen-bond acceptors (Lipinski definition) is 11. The van der Waals surface area contributed by atoms with Gasteiger partial charge in [-0.1, -0.05) is 31.4 Å². The van der Waals surface area contributed by atoms with E-state index < -0.39 is 55.0 Å². The van der Waals surface area contributed by atoms with Gasteiger partial charge in [0, 0.05) is 37.5 Å². The van der Waals surface area contributed by atoms with Crippen LogP contribution in [0, 0.1) is 18.2 Å². The molecular formula is C46H61F2N6O7P. The molecule has 1 saturated heterocycles. The number of likely N-dealkylation sites (N-methyl/N-ethyl adjacent to an activating group) is 2. The van der Waals surface area contributed by atoms with Gasteiger partial charge in [-0.2, -0.15) is 15.1 Å². The predicted molar refractivity (Wildman–Crippen MR) is 236 cm³/mol. The van der Waals surface area contributed by atoms with Crippen molar-refractivity contribution >= 4 is 36.2 Å². The number of nitrogens with zero attached hydrogens (tertiary/aromatic N) is 4. The average molecular weight is 879 g/mol. The van der Waals surface area contributed by atoms with Crippen molar-refractivity contribution in [3.8, 4) is 24.1 Å². The number of hydrogen-bond donors (Lipinski definition) is 2. The molecule has 2 aliphatic carbocycles. The number of likely N-dealkylation sites (tertiary alicyclic amines) is 1. The highest BCUT2D eigenvalue weighted by atomic mass is 31.2. The van der Waals surface area contributed by atoms with Crippen LogP contribution in [-0.4, -0.2) is 101 Å². The van der Waals surface area contributed by atoms with Crippen LogP contribution in [0.3, 0.4) is 0 Å². The maximum atomic E-state index is 15.5. The zero-order valence-corrected chi connectivity index (χ0v) is 38.1. The van der Waals surface area contributed by atoms with E-state index in [-0.39, 0.29) is 35.8 Å². The topological polar surface area (TPSA) is 144 Å². The molecule has 13 nitrogen and oxygen atoms in total. The van der Waals surface area contributed by atoms with Crippen LogP contribution in [0.15, 0.2) is 36.9 Å². The fraction of sp³-hybridized carbons (Fsp3) is 0.565. The van der Waals surface area contributed by atoms with Crippen LogP contribution >= 0.6 is 7.75 Å². The van der Waals surface area contributed by atoms with Crippen LogP contribution in [-0.2, 0) is 36.3 Å². The van der Waals surface area contributed by atoms with Crippen molar-refractivity contribution in [1.29, 1.82) is 0 Å². The fourth-order valence-electron chi connectivity index (χ4n) is 9.04. The lowest BCUT2D eigenvalue weighted by molar-refractivity contribution is -0.149. The number of terminal acetylenes is 1. The minimum absolute atomic E-state index is 0.0776. The van der Waals surface area contributed by atoms with Crippen molar-refractivity contribution < 1.29 is 41.5 Å².